The van der Waals surface area contributed by atoms with Crippen LogP contribution in [0.1, 0.15) is 21.5 Å². The van der Waals surface area contributed by atoms with Crippen molar-refractivity contribution in [2.45, 2.75) is 13.8 Å². The summed E-state index contributed by atoms with van der Waals surface area (Å²) in [5.74, 6) is -0.631. The van der Waals surface area contributed by atoms with E-state index in [1.807, 2.05) is 0 Å². The van der Waals surface area contributed by atoms with E-state index < -0.39 is 10.8 Å². The van der Waals surface area contributed by atoms with E-state index in [0.717, 1.165) is 0 Å². The SMILES string of the molecule is Cc1cc(C)c([N+](=O)[O-])cc1NC(=O)c1cncc(O)c1. The van der Waals surface area contributed by atoms with Crippen LogP contribution in [0.4, 0.5) is 11.4 Å². The van der Waals surface area contributed by atoms with Crippen LogP contribution in [0.5, 0.6) is 5.75 Å². The van der Waals surface area contributed by atoms with Crippen molar-refractivity contribution < 1.29 is 14.8 Å². The number of aromatic hydroxyl groups is 1. The minimum Gasteiger partial charge on any atom is -0.506 e. The Morgan fingerprint density at radius 2 is 1.95 bits per heavy atom. The number of carbonyl (C=O) groups excluding carboxylic acids is 1. The number of rotatable bonds is 3. The van der Waals surface area contributed by atoms with Gasteiger partial charge in [0.2, 0.25) is 0 Å². The third-order valence-corrected chi connectivity index (χ3v) is 2.97. The number of pyridine rings is 1. The minimum absolute atomic E-state index is 0.0649. The standard InChI is InChI=1S/C14H13N3O4/c1-8-3-9(2)13(17(20)21)5-12(8)16-14(19)10-4-11(18)7-15-6-10/h3-7,18H,1-2H3,(H,16,19). The topological polar surface area (TPSA) is 105 Å². The van der Waals surface area contributed by atoms with Crippen LogP contribution in [-0.2, 0) is 0 Å². The predicted octanol–water partition coefficient (Wildman–Crippen LogP) is 2.56. The summed E-state index contributed by atoms with van der Waals surface area (Å²) in [4.78, 5) is 26.2. The van der Waals surface area contributed by atoms with Gasteiger partial charge in [-0.2, -0.15) is 0 Å². The highest BCUT2D eigenvalue weighted by molar-refractivity contribution is 6.04. The van der Waals surface area contributed by atoms with Gasteiger partial charge in [-0.1, -0.05) is 0 Å². The van der Waals surface area contributed by atoms with Gasteiger partial charge < -0.3 is 10.4 Å². The second-order valence-corrected chi connectivity index (χ2v) is 4.60. The second-order valence-electron chi connectivity index (χ2n) is 4.60. The van der Waals surface area contributed by atoms with E-state index in [4.69, 9.17) is 0 Å². The van der Waals surface area contributed by atoms with Crippen LogP contribution in [-0.4, -0.2) is 20.9 Å². The zero-order chi connectivity index (χ0) is 15.6. The molecule has 7 nitrogen and oxygen atoms in total. The molecule has 7 heteroatoms. The maximum absolute atomic E-state index is 12.1. The fraction of sp³-hybridized carbons (Fsp3) is 0.143. The average molecular weight is 287 g/mol. The van der Waals surface area contributed by atoms with Gasteiger partial charge in [0, 0.05) is 17.8 Å². The molecule has 2 rings (SSSR count). The average Bonchev–Trinajstić information content (AvgIpc) is 2.41. The summed E-state index contributed by atoms with van der Waals surface area (Å²) in [5, 5.41) is 22.8. The number of nitro groups is 1. The molecule has 0 saturated carbocycles. The smallest absolute Gasteiger partial charge is 0.274 e. The molecule has 0 fully saturated rings. The van der Waals surface area contributed by atoms with Gasteiger partial charge in [-0.05, 0) is 31.5 Å². The Kier molecular flexibility index (Phi) is 3.84. The highest BCUT2D eigenvalue weighted by Crippen LogP contribution is 2.26. The van der Waals surface area contributed by atoms with Crippen molar-refractivity contribution in [2.75, 3.05) is 5.32 Å². The van der Waals surface area contributed by atoms with Crippen LogP contribution in [0.15, 0.2) is 30.6 Å². The normalized spacial score (nSPS) is 10.2. The molecule has 2 aromatic rings. The lowest BCUT2D eigenvalue weighted by atomic mass is 10.1. The van der Waals surface area contributed by atoms with Gasteiger partial charge in [0.05, 0.1) is 22.4 Å². The molecule has 1 aromatic carbocycles. The number of aromatic nitrogens is 1. The van der Waals surface area contributed by atoms with Crippen LogP contribution >= 0.6 is 0 Å². The largest absolute Gasteiger partial charge is 0.506 e. The molecule has 108 valence electrons. The molecule has 1 amide bonds. The maximum Gasteiger partial charge on any atom is 0.274 e. The van der Waals surface area contributed by atoms with Crippen molar-refractivity contribution in [2.24, 2.45) is 0 Å². The molecule has 1 aromatic heterocycles. The summed E-state index contributed by atoms with van der Waals surface area (Å²) in [5.41, 5.74) is 1.68. The third-order valence-electron chi connectivity index (χ3n) is 2.97. The molecule has 0 aliphatic heterocycles. The lowest BCUT2D eigenvalue weighted by molar-refractivity contribution is -0.385. The molecule has 0 atom stereocenters. The van der Waals surface area contributed by atoms with Crippen molar-refractivity contribution in [3.63, 3.8) is 0 Å². The molecular weight excluding hydrogens is 274 g/mol. The Bertz CT molecular complexity index is 728. The quantitative estimate of drug-likeness (QED) is 0.666. The van der Waals surface area contributed by atoms with Gasteiger partial charge in [0.15, 0.2) is 0 Å². The molecule has 0 unspecified atom stereocenters. The number of hydrogen-bond donors (Lipinski definition) is 2. The van der Waals surface area contributed by atoms with Crippen molar-refractivity contribution in [1.29, 1.82) is 0 Å². The van der Waals surface area contributed by atoms with E-state index in [-0.39, 0.29) is 17.0 Å². The van der Waals surface area contributed by atoms with Crippen LogP contribution in [0.25, 0.3) is 0 Å². The van der Waals surface area contributed by atoms with Crippen LogP contribution < -0.4 is 5.32 Å². The van der Waals surface area contributed by atoms with Crippen LogP contribution in [0.3, 0.4) is 0 Å². The first-order chi connectivity index (χ1) is 9.88. The minimum atomic E-state index is -0.500. The summed E-state index contributed by atoms with van der Waals surface area (Å²) in [7, 11) is 0. The number of hydrogen-bond acceptors (Lipinski definition) is 5. The summed E-state index contributed by atoms with van der Waals surface area (Å²) in [6.45, 7) is 3.38. The summed E-state index contributed by atoms with van der Waals surface area (Å²) in [6.07, 6.45) is 2.51. The highest BCUT2D eigenvalue weighted by Gasteiger charge is 2.16. The monoisotopic (exact) mass is 287 g/mol. The summed E-state index contributed by atoms with van der Waals surface area (Å²) in [6, 6.07) is 4.22. The first-order valence-corrected chi connectivity index (χ1v) is 6.09. The van der Waals surface area contributed by atoms with Crippen molar-refractivity contribution >= 4 is 17.3 Å². The van der Waals surface area contributed by atoms with Gasteiger partial charge in [0.1, 0.15) is 5.75 Å². The Hall–Kier alpha value is -2.96. The number of amides is 1. The molecule has 21 heavy (non-hydrogen) atoms. The van der Waals surface area contributed by atoms with Crippen molar-refractivity contribution in [3.05, 3.63) is 57.4 Å². The Labute approximate surface area is 120 Å². The number of nitro benzene ring substituents is 1. The molecule has 2 N–H and O–H groups in total. The van der Waals surface area contributed by atoms with E-state index in [9.17, 15) is 20.0 Å². The Morgan fingerprint density at radius 3 is 2.57 bits per heavy atom. The van der Waals surface area contributed by atoms with Crippen LogP contribution in [0, 0.1) is 24.0 Å². The Balaban J connectivity index is 2.33. The molecule has 0 spiro atoms. The zero-order valence-electron chi connectivity index (χ0n) is 11.5. The van der Waals surface area contributed by atoms with Gasteiger partial charge in [-0.15, -0.1) is 0 Å². The molecule has 0 bridgehead atoms. The summed E-state index contributed by atoms with van der Waals surface area (Å²) < 4.78 is 0. The number of anilines is 1. The van der Waals surface area contributed by atoms with Crippen molar-refractivity contribution in [3.8, 4) is 5.75 Å². The number of carbonyl (C=O) groups is 1. The lowest BCUT2D eigenvalue weighted by Crippen LogP contribution is -2.13. The van der Waals surface area contributed by atoms with E-state index in [0.29, 0.717) is 16.8 Å². The predicted molar refractivity (Wildman–Crippen MR) is 76.4 cm³/mol. The van der Waals surface area contributed by atoms with E-state index in [2.05, 4.69) is 10.3 Å². The lowest BCUT2D eigenvalue weighted by Gasteiger charge is -2.09. The number of benzene rings is 1. The second kappa shape index (κ2) is 5.58. The van der Waals surface area contributed by atoms with Gasteiger partial charge in [-0.25, -0.2) is 0 Å². The molecule has 0 aliphatic rings. The highest BCUT2D eigenvalue weighted by atomic mass is 16.6. The van der Waals surface area contributed by atoms with E-state index in [1.54, 1.807) is 19.9 Å². The first kappa shape index (κ1) is 14.4. The Morgan fingerprint density at radius 1 is 1.24 bits per heavy atom. The number of aryl methyl sites for hydroxylation is 2. The maximum atomic E-state index is 12.1. The molecule has 0 saturated heterocycles. The fourth-order valence-electron chi connectivity index (χ4n) is 1.92. The zero-order valence-corrected chi connectivity index (χ0v) is 11.5. The number of nitrogens with one attached hydrogen (secondary N) is 1. The van der Waals surface area contributed by atoms with Gasteiger partial charge in [0.25, 0.3) is 11.6 Å². The molecule has 1 heterocycles. The first-order valence-electron chi connectivity index (χ1n) is 6.09. The van der Waals surface area contributed by atoms with Crippen molar-refractivity contribution in [1.82, 2.24) is 4.98 Å². The molecular formula is C14H13N3O4. The summed E-state index contributed by atoms with van der Waals surface area (Å²) >= 11 is 0. The number of nitrogens with zero attached hydrogens (tertiary/aromatic N) is 2. The van der Waals surface area contributed by atoms with E-state index in [1.165, 1.54) is 24.5 Å². The fourth-order valence-corrected chi connectivity index (χ4v) is 1.92. The van der Waals surface area contributed by atoms with Gasteiger partial charge in [-0.3, -0.25) is 19.9 Å². The molecule has 0 radical (unpaired) electrons. The third kappa shape index (κ3) is 3.14. The van der Waals surface area contributed by atoms with Crippen LogP contribution in [0.2, 0.25) is 0 Å². The van der Waals surface area contributed by atoms with Gasteiger partial charge >= 0.3 is 0 Å². The van der Waals surface area contributed by atoms with E-state index >= 15 is 0 Å². The molecule has 0 aliphatic carbocycles.